The minimum absolute atomic E-state index is 0.341. The Kier molecular flexibility index (Phi) is 10.8. The summed E-state index contributed by atoms with van der Waals surface area (Å²) in [5.41, 5.74) is 0. The Bertz CT molecular complexity index is 112. The van der Waals surface area contributed by atoms with Crippen LogP contribution in [0.15, 0.2) is 0 Å². The maximum absolute atomic E-state index is 9.30. The Labute approximate surface area is 86.6 Å². The maximum atomic E-state index is 9.30. The van der Waals surface area contributed by atoms with Gasteiger partial charge in [0.05, 0.1) is 12.7 Å². The summed E-state index contributed by atoms with van der Waals surface area (Å²) < 4.78 is 9.75. The number of hydrogen-bond acceptors (Lipinski definition) is 4. The lowest BCUT2D eigenvalue weighted by atomic mass is 10.2. The Morgan fingerprint density at radius 3 is 2.57 bits per heavy atom. The molecule has 0 aliphatic carbocycles. The fourth-order valence-corrected chi connectivity index (χ4v) is 1.17. The van der Waals surface area contributed by atoms with E-state index in [9.17, 15) is 5.11 Å². The molecule has 0 aliphatic rings. The third-order valence-corrected chi connectivity index (χ3v) is 1.97. The zero-order chi connectivity index (χ0) is 10.6. The molecule has 0 aromatic rings. The third-order valence-electron chi connectivity index (χ3n) is 1.97. The summed E-state index contributed by atoms with van der Waals surface area (Å²) in [5, 5.41) is 12.6. The first-order chi connectivity index (χ1) is 6.81. The molecule has 86 valence electrons. The quantitative estimate of drug-likeness (QED) is 0.507. The molecule has 4 nitrogen and oxygen atoms in total. The molecule has 0 saturated carbocycles. The lowest BCUT2D eigenvalue weighted by Crippen LogP contribution is -2.24. The number of nitrogens with one attached hydrogen (secondary N) is 1. The van der Waals surface area contributed by atoms with Gasteiger partial charge < -0.3 is 19.9 Å². The average molecular weight is 205 g/mol. The van der Waals surface area contributed by atoms with Crippen LogP contribution in [-0.2, 0) is 9.47 Å². The molecule has 0 radical (unpaired) electrons. The number of hydrogen-bond donors (Lipinski definition) is 2. The smallest absolute Gasteiger partial charge is 0.0785 e. The molecule has 2 N–H and O–H groups in total. The molecule has 4 heteroatoms. The SMILES string of the molecule is COCCCCNCCC(O)COC. The predicted octanol–water partition coefficient (Wildman–Crippen LogP) is 0.400. The van der Waals surface area contributed by atoms with Gasteiger partial charge in [-0.1, -0.05) is 0 Å². The molecule has 1 unspecified atom stereocenters. The fraction of sp³-hybridized carbons (Fsp3) is 1.00. The van der Waals surface area contributed by atoms with Gasteiger partial charge in [0.25, 0.3) is 0 Å². The topological polar surface area (TPSA) is 50.7 Å². The van der Waals surface area contributed by atoms with Crippen LogP contribution in [0, 0.1) is 0 Å². The molecule has 0 heterocycles. The van der Waals surface area contributed by atoms with Crippen molar-refractivity contribution in [3.8, 4) is 0 Å². The van der Waals surface area contributed by atoms with E-state index in [2.05, 4.69) is 5.32 Å². The number of ether oxygens (including phenoxy) is 2. The van der Waals surface area contributed by atoms with Gasteiger partial charge in [0, 0.05) is 20.8 Å². The van der Waals surface area contributed by atoms with Crippen LogP contribution >= 0.6 is 0 Å². The van der Waals surface area contributed by atoms with Crippen molar-refractivity contribution in [2.75, 3.05) is 40.5 Å². The van der Waals surface area contributed by atoms with Gasteiger partial charge in [0.1, 0.15) is 0 Å². The van der Waals surface area contributed by atoms with Gasteiger partial charge in [0.2, 0.25) is 0 Å². The van der Waals surface area contributed by atoms with Crippen LogP contribution in [0.3, 0.4) is 0 Å². The third kappa shape index (κ3) is 9.92. The number of methoxy groups -OCH3 is 2. The van der Waals surface area contributed by atoms with Gasteiger partial charge in [-0.05, 0) is 32.4 Å². The van der Waals surface area contributed by atoms with Crippen LogP contribution < -0.4 is 5.32 Å². The zero-order valence-corrected chi connectivity index (χ0v) is 9.29. The molecule has 0 aromatic heterocycles. The highest BCUT2D eigenvalue weighted by molar-refractivity contribution is 4.56. The van der Waals surface area contributed by atoms with Crippen molar-refractivity contribution in [2.24, 2.45) is 0 Å². The van der Waals surface area contributed by atoms with E-state index in [4.69, 9.17) is 9.47 Å². The van der Waals surface area contributed by atoms with Crippen molar-refractivity contribution >= 4 is 0 Å². The molecular formula is C10H23NO3. The van der Waals surface area contributed by atoms with Gasteiger partial charge >= 0.3 is 0 Å². The highest BCUT2D eigenvalue weighted by Crippen LogP contribution is 1.91. The van der Waals surface area contributed by atoms with E-state index in [-0.39, 0.29) is 6.10 Å². The van der Waals surface area contributed by atoms with Gasteiger partial charge in [-0.3, -0.25) is 0 Å². The van der Waals surface area contributed by atoms with Crippen LogP contribution in [0.2, 0.25) is 0 Å². The lowest BCUT2D eigenvalue weighted by molar-refractivity contribution is 0.0594. The molecule has 0 aliphatic heterocycles. The molecule has 0 spiro atoms. The van der Waals surface area contributed by atoms with Crippen molar-refractivity contribution in [3.63, 3.8) is 0 Å². The van der Waals surface area contributed by atoms with Crippen molar-refractivity contribution in [1.82, 2.24) is 5.32 Å². The molecule has 1 atom stereocenters. The Hall–Kier alpha value is -0.160. The first-order valence-corrected chi connectivity index (χ1v) is 5.18. The molecular weight excluding hydrogens is 182 g/mol. The van der Waals surface area contributed by atoms with E-state index < -0.39 is 0 Å². The average Bonchev–Trinajstić information content (AvgIpc) is 2.17. The summed E-state index contributed by atoms with van der Waals surface area (Å²) in [6.45, 7) is 3.08. The van der Waals surface area contributed by atoms with E-state index in [1.54, 1.807) is 14.2 Å². The summed E-state index contributed by atoms with van der Waals surface area (Å²) >= 11 is 0. The Morgan fingerprint density at radius 1 is 1.14 bits per heavy atom. The second kappa shape index (κ2) is 10.9. The predicted molar refractivity (Wildman–Crippen MR) is 56.5 cm³/mol. The fourth-order valence-electron chi connectivity index (χ4n) is 1.17. The summed E-state index contributed by atoms with van der Waals surface area (Å²) in [7, 11) is 3.32. The van der Waals surface area contributed by atoms with E-state index >= 15 is 0 Å². The minimum atomic E-state index is -0.341. The molecule has 0 saturated heterocycles. The van der Waals surface area contributed by atoms with Gasteiger partial charge in [-0.15, -0.1) is 0 Å². The highest BCUT2D eigenvalue weighted by Gasteiger charge is 2.01. The second-order valence-corrected chi connectivity index (χ2v) is 3.35. The monoisotopic (exact) mass is 205 g/mol. The first kappa shape index (κ1) is 13.8. The minimum Gasteiger partial charge on any atom is -0.391 e. The van der Waals surface area contributed by atoms with Crippen LogP contribution in [0.25, 0.3) is 0 Å². The molecule has 0 aromatic carbocycles. The molecule has 0 amide bonds. The summed E-state index contributed by atoms with van der Waals surface area (Å²) in [5.74, 6) is 0. The maximum Gasteiger partial charge on any atom is 0.0785 e. The summed E-state index contributed by atoms with van der Waals surface area (Å²) in [6.07, 6.45) is 2.61. The van der Waals surface area contributed by atoms with Crippen LogP contribution in [0.4, 0.5) is 0 Å². The lowest BCUT2D eigenvalue weighted by Gasteiger charge is -2.09. The van der Waals surface area contributed by atoms with Crippen LogP contribution in [0.1, 0.15) is 19.3 Å². The second-order valence-electron chi connectivity index (χ2n) is 3.35. The van der Waals surface area contributed by atoms with Crippen molar-refractivity contribution < 1.29 is 14.6 Å². The number of aliphatic hydroxyl groups excluding tert-OH is 1. The normalized spacial score (nSPS) is 13.1. The van der Waals surface area contributed by atoms with Gasteiger partial charge in [-0.2, -0.15) is 0 Å². The first-order valence-electron chi connectivity index (χ1n) is 5.18. The van der Waals surface area contributed by atoms with Crippen LogP contribution in [-0.4, -0.2) is 51.7 Å². The number of unbranched alkanes of at least 4 members (excludes halogenated alkanes) is 1. The van der Waals surface area contributed by atoms with E-state index in [0.29, 0.717) is 6.61 Å². The zero-order valence-electron chi connectivity index (χ0n) is 9.29. The Morgan fingerprint density at radius 2 is 1.93 bits per heavy atom. The van der Waals surface area contributed by atoms with Crippen molar-refractivity contribution in [1.29, 1.82) is 0 Å². The van der Waals surface area contributed by atoms with Crippen molar-refractivity contribution in [2.45, 2.75) is 25.4 Å². The number of aliphatic hydroxyl groups is 1. The van der Waals surface area contributed by atoms with E-state index in [1.165, 1.54) is 0 Å². The van der Waals surface area contributed by atoms with E-state index in [0.717, 1.165) is 39.0 Å². The van der Waals surface area contributed by atoms with E-state index in [1.807, 2.05) is 0 Å². The molecule has 0 bridgehead atoms. The van der Waals surface area contributed by atoms with Gasteiger partial charge in [-0.25, -0.2) is 0 Å². The Balaban J connectivity index is 2.98. The number of rotatable bonds is 10. The highest BCUT2D eigenvalue weighted by atomic mass is 16.5. The summed E-state index contributed by atoms with van der Waals surface area (Å²) in [6, 6.07) is 0. The summed E-state index contributed by atoms with van der Waals surface area (Å²) in [4.78, 5) is 0. The van der Waals surface area contributed by atoms with Gasteiger partial charge in [0.15, 0.2) is 0 Å². The van der Waals surface area contributed by atoms with Crippen molar-refractivity contribution in [3.05, 3.63) is 0 Å². The largest absolute Gasteiger partial charge is 0.391 e. The van der Waals surface area contributed by atoms with Crippen LogP contribution in [0.5, 0.6) is 0 Å². The standard InChI is InChI=1S/C10H23NO3/c1-13-8-4-3-6-11-7-5-10(12)9-14-2/h10-12H,3-9H2,1-2H3. The molecule has 0 fully saturated rings. The molecule has 14 heavy (non-hydrogen) atoms. The molecule has 0 rings (SSSR count).